The van der Waals surface area contributed by atoms with Gasteiger partial charge in [0.05, 0.1) is 21.9 Å². The molecular formula is C54H61Cl3N10O4S2. The second-order valence-corrected chi connectivity index (χ2v) is 20.4. The number of hydrogen-bond acceptors (Lipinski definition) is 12. The number of rotatable bonds is 11. The molecule has 384 valence electrons. The molecule has 0 saturated carbocycles. The van der Waals surface area contributed by atoms with Crippen molar-refractivity contribution < 1.29 is 55.2 Å². The maximum atomic E-state index is 13.7. The molecule has 2 aliphatic heterocycles. The maximum Gasteiger partial charge on any atom is 0.269 e. The highest BCUT2D eigenvalue weighted by molar-refractivity contribution is 7.90. The van der Waals surface area contributed by atoms with E-state index in [1.807, 2.05) is 6.92 Å². The van der Waals surface area contributed by atoms with Gasteiger partial charge in [0.15, 0.2) is 11.3 Å². The molecule has 0 bridgehead atoms. The first kappa shape index (κ1) is 28.5. The summed E-state index contributed by atoms with van der Waals surface area (Å²) < 4.78 is 290. The number of fused-ring (bicyclic) bond motifs is 2. The van der Waals surface area contributed by atoms with E-state index >= 15 is 0 Å². The summed E-state index contributed by atoms with van der Waals surface area (Å²) in [7, 11) is -8.24. The van der Waals surface area contributed by atoms with Gasteiger partial charge in [0, 0.05) is 94.5 Å². The Kier molecular flexibility index (Phi) is 9.13. The van der Waals surface area contributed by atoms with Gasteiger partial charge in [0.2, 0.25) is 10.6 Å². The Morgan fingerprint density at radius 2 is 1.14 bits per heavy atom. The molecule has 0 aliphatic carbocycles. The molecule has 10 rings (SSSR count). The van der Waals surface area contributed by atoms with Crippen LogP contribution >= 0.6 is 34.8 Å². The zero-order valence-electron chi connectivity index (χ0n) is 66.2. The fraction of sp³-hybridized carbons (Fsp3) is 0.333. The van der Waals surface area contributed by atoms with E-state index in [9.17, 15) is 22.3 Å². The molecule has 4 aromatic carbocycles. The topological polar surface area (TPSA) is 151 Å². The molecule has 0 amide bonds. The lowest BCUT2D eigenvalue weighted by atomic mass is 9.92. The summed E-state index contributed by atoms with van der Waals surface area (Å²) >= 11 is 17.9. The molecule has 4 unspecified atom stereocenters. The highest BCUT2D eigenvalue weighted by Gasteiger charge is 2.32. The third-order valence-electron chi connectivity index (χ3n) is 10.6. The average molecular weight is 1110 g/mol. The quantitative estimate of drug-likeness (QED) is 0.0970. The molecule has 1 N–H and O–H groups in total. The Labute approximate surface area is 483 Å². The normalized spacial score (nSPS) is 33.2. The van der Waals surface area contributed by atoms with Crippen LogP contribution in [0.2, 0.25) is 15.7 Å². The molecule has 0 spiro atoms. The van der Waals surface area contributed by atoms with Crippen LogP contribution in [-0.4, -0.2) is 106 Å². The van der Waals surface area contributed by atoms with Crippen LogP contribution in [-0.2, 0) is 33.1 Å². The Morgan fingerprint density at radius 1 is 0.644 bits per heavy atom. The minimum absolute atomic E-state index is 0.105. The smallest absolute Gasteiger partial charge is 0.269 e. The molecule has 2 saturated heterocycles. The first-order valence-electron chi connectivity index (χ1n) is 35.4. The molecule has 2 aliphatic rings. The molecule has 19 heteroatoms. The zero-order valence-corrected chi connectivity index (χ0v) is 42.1. The number of likely N-dealkylation sites (tertiary alicyclic amines) is 2. The van der Waals surface area contributed by atoms with Gasteiger partial charge < -0.3 is 10.2 Å². The van der Waals surface area contributed by atoms with Crippen LogP contribution in [0.4, 0.5) is 5.82 Å². The summed E-state index contributed by atoms with van der Waals surface area (Å²) in [5.41, 5.74) is 1.78. The van der Waals surface area contributed by atoms with E-state index < -0.39 is 145 Å². The van der Waals surface area contributed by atoms with E-state index in [1.165, 1.54) is 72.2 Å². The molecule has 0 radical (unpaired) electrons. The van der Waals surface area contributed by atoms with Crippen molar-refractivity contribution in [3.05, 3.63) is 172 Å². The zero-order chi connectivity index (χ0) is 76.5. The minimum Gasteiger partial charge on any atom is -0.354 e. The van der Waals surface area contributed by atoms with Gasteiger partial charge >= 0.3 is 0 Å². The highest BCUT2D eigenvalue weighted by Crippen LogP contribution is 2.33. The lowest BCUT2D eigenvalue weighted by Crippen LogP contribution is -2.51. The Bertz CT molecular complexity index is 4640. The number of aryl methyl sites for hydroxylation is 2. The van der Waals surface area contributed by atoms with Crippen molar-refractivity contribution in [3.8, 4) is 0 Å². The van der Waals surface area contributed by atoms with E-state index in [0.29, 0.717) is 14.9 Å². The van der Waals surface area contributed by atoms with Crippen molar-refractivity contribution >= 4 is 82.7 Å². The number of aromatic nitrogens is 6. The minimum atomic E-state index is -4.48. The van der Waals surface area contributed by atoms with Crippen molar-refractivity contribution in [1.29, 1.82) is 0 Å². The third kappa shape index (κ3) is 12.6. The first-order chi connectivity index (χ1) is 45.7. The van der Waals surface area contributed by atoms with Crippen molar-refractivity contribution in [2.45, 2.75) is 75.2 Å². The molecule has 8 aromatic rings. The number of nitrogens with one attached hydrogen (secondary N) is 1. The van der Waals surface area contributed by atoms with Gasteiger partial charge in [-0.15, -0.1) is 0 Å². The third-order valence-corrected chi connectivity index (χ3v) is 14.6. The van der Waals surface area contributed by atoms with Crippen LogP contribution in [0.5, 0.6) is 0 Å². The molecule has 6 heterocycles. The van der Waals surface area contributed by atoms with Crippen molar-refractivity contribution in [2.75, 3.05) is 44.8 Å². The van der Waals surface area contributed by atoms with E-state index in [-0.39, 0.29) is 46.1 Å². The lowest BCUT2D eigenvalue weighted by molar-refractivity contribution is 0.147. The van der Waals surface area contributed by atoms with Gasteiger partial charge in [0.1, 0.15) is 11.0 Å². The summed E-state index contributed by atoms with van der Waals surface area (Å²) in [6.07, 6.45) is -5.38. The fourth-order valence-electron chi connectivity index (χ4n) is 6.93. The number of hydrogen-bond donors (Lipinski definition) is 1. The van der Waals surface area contributed by atoms with Crippen LogP contribution in [0, 0.1) is 25.6 Å². The molecule has 4 aromatic heterocycles. The van der Waals surface area contributed by atoms with Gasteiger partial charge in [-0.3, -0.25) is 9.80 Å². The fourth-order valence-corrected chi connectivity index (χ4v) is 10.1. The SMILES string of the molecule is Cc1ccc(S(=O)(=O)n2ccc3c(Cl)nc(Cl)nc32)cc1.[2H]C([2H])([2H])N(c1nc(Cl)nc2c1ccn2S(=O)(=O)c1ccc(C)cc1)C1([2H])C([2H])([2H])N(Cc2ccccc2)C([2H])([2H])C([2H])([2H])C1([2H])C([2H])([2H])[2H].[2H]C([2H])([2H])NC1([2H])C([2H])([2H])N(Cc2ccccc2)C([2H])([2H])C([2H])([2H])C1([2H])C([2H])([2H])[2H]. The summed E-state index contributed by atoms with van der Waals surface area (Å²) in [5.74, 6) is -9.13. The first-order valence-corrected chi connectivity index (χ1v) is 25.4. The van der Waals surface area contributed by atoms with E-state index in [2.05, 4.69) is 19.9 Å². The van der Waals surface area contributed by atoms with Crippen LogP contribution in [0.25, 0.3) is 22.1 Å². The average Bonchev–Trinajstić information content (AvgIpc) is 0.956. The van der Waals surface area contributed by atoms with Gasteiger partial charge in [-0.1, -0.05) is 121 Å². The second kappa shape index (κ2) is 23.4. The van der Waals surface area contributed by atoms with E-state index in [1.54, 1.807) is 61.5 Å². The van der Waals surface area contributed by atoms with Gasteiger partial charge in [-0.2, -0.15) is 15.0 Å². The van der Waals surface area contributed by atoms with Crippen molar-refractivity contribution in [2.24, 2.45) is 11.8 Å². The largest absolute Gasteiger partial charge is 0.354 e. The number of likely N-dealkylation sites (N-methyl/N-ethyl adjacent to an activating group) is 2. The standard InChI is InChI=1S/C27H30ClN5O2S.C14H22N2.C13H9Cl2N3O2S/c1-19-9-11-22(12-10-19)36(34,35)33-16-14-23-25(29-27(28)30-26(23)33)31(3)24-18-32(15-13-20(24)2)17-21-7-5-4-6-8-21;1-12-8-9-16(11-14(12)15-2)10-13-6-4-3-5-7-13;1-8-2-4-9(5-3-8)21(19,20)18-7-6-10-11(14)16-13(15)17-12(10)18/h4-12,14,16,20,24H,13,15,17-18H2,1-3H3;3-7,12,14-15H,8-11H2,1-2H3;2-7H,1H3/i2D3,3D3,13D2,15D2,18D2,20D,24D;1D3,2D3,8D2,9D2,11D2,12D,14D;. The number of nitrogens with zero attached hydrogens (tertiary/aromatic N) is 9. The monoisotopic (exact) mass is 1110 g/mol. The highest BCUT2D eigenvalue weighted by atomic mass is 35.5. The summed E-state index contributed by atoms with van der Waals surface area (Å²) in [6.45, 7) is -27.2. The summed E-state index contributed by atoms with van der Waals surface area (Å²) in [5, 5.41) is 0.634. The Hall–Kier alpha value is -5.43. The van der Waals surface area contributed by atoms with Crippen LogP contribution < -0.4 is 10.2 Å². The summed E-state index contributed by atoms with van der Waals surface area (Å²) in [4.78, 5) is 15.8. The number of halogens is 3. The molecule has 4 atom stereocenters. The Balaban J connectivity index is 0.000000214. The Morgan fingerprint density at radius 3 is 1.66 bits per heavy atom. The number of benzene rings is 4. The van der Waals surface area contributed by atoms with Crippen LogP contribution in [0.15, 0.2) is 144 Å². The maximum absolute atomic E-state index is 13.7. The number of anilines is 1. The van der Waals surface area contributed by atoms with Crippen molar-refractivity contribution in [1.82, 2.24) is 43.0 Å². The second-order valence-electron chi connectivity index (χ2n) is 15.7. The van der Waals surface area contributed by atoms with E-state index in [4.69, 9.17) is 67.7 Å². The van der Waals surface area contributed by atoms with Gasteiger partial charge in [0.25, 0.3) is 20.0 Å². The van der Waals surface area contributed by atoms with Crippen molar-refractivity contribution in [3.63, 3.8) is 0 Å². The number of piperidine rings is 2. The predicted octanol–water partition coefficient (Wildman–Crippen LogP) is 10.4. The van der Waals surface area contributed by atoms with Crippen LogP contribution in [0.1, 0.15) is 87.1 Å². The summed E-state index contributed by atoms with van der Waals surface area (Å²) in [6, 6.07) is 22.1. The van der Waals surface area contributed by atoms with Crippen LogP contribution in [0.3, 0.4) is 0 Å². The molecule has 14 nitrogen and oxygen atoms in total. The van der Waals surface area contributed by atoms with E-state index in [0.717, 1.165) is 27.4 Å². The molecular weight excluding hydrogens is 1020 g/mol. The lowest BCUT2D eigenvalue weighted by Gasteiger charge is -2.42. The molecule has 2 fully saturated rings. The van der Waals surface area contributed by atoms with Gasteiger partial charge in [-0.05, 0) is 129 Å². The predicted molar refractivity (Wildman–Crippen MR) is 294 cm³/mol. The van der Waals surface area contributed by atoms with Gasteiger partial charge in [-0.25, -0.2) is 29.8 Å². The molecule has 73 heavy (non-hydrogen) atoms.